The van der Waals surface area contributed by atoms with E-state index in [-0.39, 0.29) is 5.91 Å². The zero-order valence-corrected chi connectivity index (χ0v) is 11.4. The number of likely N-dealkylation sites (N-methyl/N-ethyl adjacent to an activating group) is 2. The van der Waals surface area contributed by atoms with Crippen LogP contribution in [0.15, 0.2) is 24.3 Å². The van der Waals surface area contributed by atoms with Crippen molar-refractivity contribution in [2.24, 2.45) is 0 Å². The molecular weight excluding hydrogens is 303 g/mol. The van der Waals surface area contributed by atoms with E-state index in [1.807, 2.05) is 36.2 Å². The van der Waals surface area contributed by atoms with Crippen LogP contribution in [-0.2, 0) is 4.79 Å². The summed E-state index contributed by atoms with van der Waals surface area (Å²) >= 11 is 2.27. The first-order chi connectivity index (χ1) is 7.02. The lowest BCUT2D eigenvalue weighted by molar-refractivity contribution is -0.127. The first-order valence-electron chi connectivity index (χ1n) is 4.68. The molecule has 0 N–H and O–H groups in total. The molecule has 4 heteroatoms. The highest BCUT2D eigenvalue weighted by molar-refractivity contribution is 14.1. The SMILES string of the molecule is CN(C)C(=O)CN(C)c1ccccc1I. The molecule has 1 amide bonds. The number of rotatable bonds is 3. The van der Waals surface area contributed by atoms with Gasteiger partial charge in [0.25, 0.3) is 0 Å². The second kappa shape index (κ2) is 5.34. The molecule has 0 atom stereocenters. The minimum absolute atomic E-state index is 0.108. The highest BCUT2D eigenvalue weighted by atomic mass is 127. The van der Waals surface area contributed by atoms with Crippen molar-refractivity contribution >= 4 is 34.2 Å². The van der Waals surface area contributed by atoms with Crippen LogP contribution in [0.1, 0.15) is 0 Å². The van der Waals surface area contributed by atoms with Crippen LogP contribution in [0.4, 0.5) is 5.69 Å². The molecule has 1 rings (SSSR count). The molecule has 0 unspecified atom stereocenters. The summed E-state index contributed by atoms with van der Waals surface area (Å²) in [5.74, 6) is 0.108. The van der Waals surface area contributed by atoms with Gasteiger partial charge in [0, 0.05) is 24.7 Å². The van der Waals surface area contributed by atoms with Gasteiger partial charge in [-0.1, -0.05) is 12.1 Å². The van der Waals surface area contributed by atoms with Crippen LogP contribution in [0.25, 0.3) is 0 Å². The summed E-state index contributed by atoms with van der Waals surface area (Å²) in [6.07, 6.45) is 0. The smallest absolute Gasteiger partial charge is 0.241 e. The predicted molar refractivity (Wildman–Crippen MR) is 71.1 cm³/mol. The molecule has 0 saturated heterocycles. The number of amides is 1. The van der Waals surface area contributed by atoms with Gasteiger partial charge in [0.05, 0.1) is 12.2 Å². The van der Waals surface area contributed by atoms with Crippen LogP contribution in [-0.4, -0.2) is 38.5 Å². The van der Waals surface area contributed by atoms with E-state index in [2.05, 4.69) is 22.6 Å². The number of anilines is 1. The third kappa shape index (κ3) is 3.37. The lowest BCUT2D eigenvalue weighted by Crippen LogP contribution is -2.34. The molecule has 1 aromatic rings. The van der Waals surface area contributed by atoms with E-state index in [9.17, 15) is 4.79 Å². The molecule has 82 valence electrons. The van der Waals surface area contributed by atoms with E-state index < -0.39 is 0 Å². The number of nitrogens with zero attached hydrogens (tertiary/aromatic N) is 2. The van der Waals surface area contributed by atoms with Crippen molar-refractivity contribution in [2.45, 2.75) is 0 Å². The average molecular weight is 318 g/mol. The quantitative estimate of drug-likeness (QED) is 0.794. The van der Waals surface area contributed by atoms with Crippen molar-refractivity contribution in [3.05, 3.63) is 27.8 Å². The Kier molecular flexibility index (Phi) is 4.38. The number of halogens is 1. The van der Waals surface area contributed by atoms with Crippen molar-refractivity contribution in [1.29, 1.82) is 0 Å². The largest absolute Gasteiger partial charge is 0.364 e. The minimum Gasteiger partial charge on any atom is -0.364 e. The van der Waals surface area contributed by atoms with E-state index >= 15 is 0 Å². The minimum atomic E-state index is 0.108. The van der Waals surface area contributed by atoms with Crippen LogP contribution >= 0.6 is 22.6 Å². The number of carbonyl (C=O) groups excluding carboxylic acids is 1. The second-order valence-corrected chi connectivity index (χ2v) is 4.76. The third-order valence-electron chi connectivity index (χ3n) is 2.13. The predicted octanol–water partition coefficient (Wildman–Crippen LogP) is 1.82. The summed E-state index contributed by atoms with van der Waals surface area (Å²) < 4.78 is 1.16. The number of para-hydroxylation sites is 1. The number of carbonyl (C=O) groups is 1. The van der Waals surface area contributed by atoms with E-state index in [1.165, 1.54) is 0 Å². The monoisotopic (exact) mass is 318 g/mol. The summed E-state index contributed by atoms with van der Waals surface area (Å²) in [5, 5.41) is 0. The van der Waals surface area contributed by atoms with Gasteiger partial charge in [-0.3, -0.25) is 4.79 Å². The third-order valence-corrected chi connectivity index (χ3v) is 3.05. The van der Waals surface area contributed by atoms with Crippen LogP contribution < -0.4 is 4.90 Å². The Morgan fingerprint density at radius 2 is 1.87 bits per heavy atom. The maximum Gasteiger partial charge on any atom is 0.241 e. The molecular formula is C11H15IN2O. The molecule has 0 aliphatic carbocycles. The standard InChI is InChI=1S/C11H15IN2O/c1-13(2)11(15)8-14(3)10-7-5-4-6-9(10)12/h4-7H,8H2,1-3H3. The van der Waals surface area contributed by atoms with Crippen LogP contribution in [0, 0.1) is 3.57 Å². The van der Waals surface area contributed by atoms with Crippen LogP contribution in [0.5, 0.6) is 0 Å². The average Bonchev–Trinajstić information content (AvgIpc) is 2.18. The fraction of sp³-hybridized carbons (Fsp3) is 0.364. The molecule has 0 aliphatic heterocycles. The van der Waals surface area contributed by atoms with Gasteiger partial charge in [-0.05, 0) is 34.7 Å². The zero-order valence-electron chi connectivity index (χ0n) is 9.20. The molecule has 15 heavy (non-hydrogen) atoms. The molecule has 0 bridgehead atoms. The fourth-order valence-electron chi connectivity index (χ4n) is 1.19. The Bertz CT molecular complexity index is 352. The molecule has 0 saturated carbocycles. The number of hydrogen-bond acceptors (Lipinski definition) is 2. The Hall–Kier alpha value is -0.780. The molecule has 0 heterocycles. The van der Waals surface area contributed by atoms with Crippen LogP contribution in [0.2, 0.25) is 0 Å². The van der Waals surface area contributed by atoms with Crippen LogP contribution in [0.3, 0.4) is 0 Å². The lowest BCUT2D eigenvalue weighted by Gasteiger charge is -2.22. The molecule has 3 nitrogen and oxygen atoms in total. The van der Waals surface area contributed by atoms with Gasteiger partial charge in [0.15, 0.2) is 0 Å². The fourth-order valence-corrected chi connectivity index (χ4v) is 1.99. The summed E-state index contributed by atoms with van der Waals surface area (Å²) in [7, 11) is 5.47. The highest BCUT2D eigenvalue weighted by Gasteiger charge is 2.10. The first kappa shape index (κ1) is 12.3. The van der Waals surface area contributed by atoms with E-state index in [0.29, 0.717) is 6.54 Å². The maximum atomic E-state index is 11.5. The second-order valence-electron chi connectivity index (χ2n) is 3.60. The van der Waals surface area contributed by atoms with Gasteiger partial charge in [-0.2, -0.15) is 0 Å². The molecule has 0 spiro atoms. The summed E-state index contributed by atoms with van der Waals surface area (Å²) in [4.78, 5) is 15.1. The van der Waals surface area contributed by atoms with Crippen molar-refractivity contribution in [3.8, 4) is 0 Å². The van der Waals surface area contributed by atoms with Gasteiger partial charge in [0.2, 0.25) is 5.91 Å². The van der Waals surface area contributed by atoms with Crippen molar-refractivity contribution in [1.82, 2.24) is 4.90 Å². The maximum absolute atomic E-state index is 11.5. The molecule has 0 aromatic heterocycles. The number of hydrogen-bond donors (Lipinski definition) is 0. The van der Waals surface area contributed by atoms with E-state index in [1.54, 1.807) is 19.0 Å². The number of benzene rings is 1. The van der Waals surface area contributed by atoms with E-state index in [4.69, 9.17) is 0 Å². The van der Waals surface area contributed by atoms with Gasteiger partial charge in [-0.15, -0.1) is 0 Å². The van der Waals surface area contributed by atoms with E-state index in [0.717, 1.165) is 9.26 Å². The first-order valence-corrected chi connectivity index (χ1v) is 5.76. The van der Waals surface area contributed by atoms with Gasteiger partial charge < -0.3 is 9.80 Å². The zero-order chi connectivity index (χ0) is 11.4. The molecule has 1 aromatic carbocycles. The van der Waals surface area contributed by atoms with Gasteiger partial charge in [0.1, 0.15) is 0 Å². The Morgan fingerprint density at radius 3 is 2.40 bits per heavy atom. The topological polar surface area (TPSA) is 23.6 Å². The summed E-state index contributed by atoms with van der Waals surface area (Å²) in [6, 6.07) is 8.03. The summed E-state index contributed by atoms with van der Waals surface area (Å²) in [5.41, 5.74) is 1.09. The Balaban J connectivity index is 2.73. The van der Waals surface area contributed by atoms with Gasteiger partial charge >= 0.3 is 0 Å². The Morgan fingerprint density at radius 1 is 1.27 bits per heavy atom. The highest BCUT2D eigenvalue weighted by Crippen LogP contribution is 2.20. The lowest BCUT2D eigenvalue weighted by atomic mass is 10.3. The summed E-state index contributed by atoms with van der Waals surface area (Å²) in [6.45, 7) is 0.410. The van der Waals surface area contributed by atoms with Crippen molar-refractivity contribution in [2.75, 3.05) is 32.6 Å². The molecule has 0 aliphatic rings. The normalized spacial score (nSPS) is 9.87. The molecule has 0 fully saturated rings. The van der Waals surface area contributed by atoms with Crippen molar-refractivity contribution in [3.63, 3.8) is 0 Å². The van der Waals surface area contributed by atoms with Crippen molar-refractivity contribution < 1.29 is 4.79 Å². The molecule has 0 radical (unpaired) electrons. The van der Waals surface area contributed by atoms with Gasteiger partial charge in [-0.25, -0.2) is 0 Å². The Labute approximate surface area is 104 Å².